The molecule has 21 heavy (non-hydrogen) atoms. The molecule has 1 unspecified atom stereocenters. The summed E-state index contributed by atoms with van der Waals surface area (Å²) in [4.78, 5) is 12.2. The highest BCUT2D eigenvalue weighted by molar-refractivity contribution is 5.96. The monoisotopic (exact) mass is 282 g/mol. The topological polar surface area (TPSA) is 55.1 Å². The van der Waals surface area contributed by atoms with Gasteiger partial charge in [-0.05, 0) is 42.5 Å². The van der Waals surface area contributed by atoms with Crippen LogP contribution < -0.4 is 11.1 Å². The number of nitrogen functional groups attached to an aromatic ring is 1. The first-order valence-electron chi connectivity index (χ1n) is 7.28. The van der Waals surface area contributed by atoms with Crippen LogP contribution in [0.2, 0.25) is 0 Å². The molecule has 0 aliphatic heterocycles. The first kappa shape index (κ1) is 15.1. The second kappa shape index (κ2) is 6.93. The summed E-state index contributed by atoms with van der Waals surface area (Å²) in [6.45, 7) is 4.70. The van der Waals surface area contributed by atoms with Crippen LogP contribution in [-0.4, -0.2) is 12.5 Å². The van der Waals surface area contributed by atoms with Crippen LogP contribution in [0.3, 0.4) is 0 Å². The maximum Gasteiger partial charge on any atom is 0.251 e. The summed E-state index contributed by atoms with van der Waals surface area (Å²) < 4.78 is 0. The Labute approximate surface area is 126 Å². The molecular formula is C18H22N2O. The van der Waals surface area contributed by atoms with E-state index in [0.717, 1.165) is 12.0 Å². The van der Waals surface area contributed by atoms with Crippen molar-refractivity contribution >= 4 is 11.6 Å². The van der Waals surface area contributed by atoms with E-state index < -0.39 is 0 Å². The largest absolute Gasteiger partial charge is 0.398 e. The maximum absolute atomic E-state index is 12.2. The molecule has 0 aliphatic rings. The summed E-state index contributed by atoms with van der Waals surface area (Å²) in [7, 11) is 0. The van der Waals surface area contributed by atoms with Gasteiger partial charge in [0.25, 0.3) is 5.91 Å². The molecule has 0 radical (unpaired) electrons. The molecule has 0 fully saturated rings. The van der Waals surface area contributed by atoms with Gasteiger partial charge in [0.05, 0.1) is 0 Å². The Bertz CT molecular complexity index is 608. The zero-order chi connectivity index (χ0) is 15.2. The fourth-order valence-electron chi connectivity index (χ4n) is 2.35. The highest BCUT2D eigenvalue weighted by Gasteiger charge is 2.11. The molecule has 0 aliphatic carbocycles. The van der Waals surface area contributed by atoms with Gasteiger partial charge in [-0.25, -0.2) is 0 Å². The molecule has 0 bridgehead atoms. The van der Waals surface area contributed by atoms with Crippen LogP contribution in [0, 0.1) is 6.92 Å². The maximum atomic E-state index is 12.2. The number of carbonyl (C=O) groups excluding carboxylic acids is 1. The average Bonchev–Trinajstić information content (AvgIpc) is 2.50. The highest BCUT2D eigenvalue weighted by atomic mass is 16.1. The third-order valence-electron chi connectivity index (χ3n) is 3.85. The average molecular weight is 282 g/mol. The lowest BCUT2D eigenvalue weighted by Gasteiger charge is -2.13. The molecule has 0 spiro atoms. The predicted molar refractivity (Wildman–Crippen MR) is 87.4 cm³/mol. The van der Waals surface area contributed by atoms with Crippen LogP contribution in [0.25, 0.3) is 0 Å². The van der Waals surface area contributed by atoms with Gasteiger partial charge < -0.3 is 11.1 Å². The van der Waals surface area contributed by atoms with E-state index in [1.54, 1.807) is 0 Å². The van der Waals surface area contributed by atoms with Gasteiger partial charge in [-0.2, -0.15) is 0 Å². The number of nitrogens with two attached hydrogens (primary N) is 1. The van der Waals surface area contributed by atoms with Crippen molar-refractivity contribution in [3.63, 3.8) is 0 Å². The van der Waals surface area contributed by atoms with Gasteiger partial charge in [0.15, 0.2) is 0 Å². The number of anilines is 1. The Morgan fingerprint density at radius 3 is 2.57 bits per heavy atom. The Hall–Kier alpha value is -2.29. The number of hydrogen-bond donors (Lipinski definition) is 2. The molecule has 110 valence electrons. The summed E-state index contributed by atoms with van der Waals surface area (Å²) in [5.74, 6) is 0.369. The van der Waals surface area contributed by atoms with Crippen LogP contribution in [0.1, 0.15) is 40.7 Å². The number of benzene rings is 2. The Morgan fingerprint density at radius 1 is 1.14 bits per heavy atom. The molecule has 0 aromatic heterocycles. The molecular weight excluding hydrogens is 260 g/mol. The van der Waals surface area contributed by atoms with E-state index in [1.807, 2.05) is 43.3 Å². The van der Waals surface area contributed by atoms with Crippen molar-refractivity contribution in [3.05, 3.63) is 65.2 Å². The first-order valence-corrected chi connectivity index (χ1v) is 7.28. The molecule has 1 amide bonds. The molecule has 1 atom stereocenters. The van der Waals surface area contributed by atoms with Crippen LogP contribution in [0.15, 0.2) is 48.5 Å². The lowest BCUT2D eigenvalue weighted by atomic mass is 9.98. The van der Waals surface area contributed by atoms with Crippen molar-refractivity contribution in [2.45, 2.75) is 26.2 Å². The van der Waals surface area contributed by atoms with E-state index in [1.165, 1.54) is 5.56 Å². The second-order valence-electron chi connectivity index (χ2n) is 5.38. The van der Waals surface area contributed by atoms with Gasteiger partial charge in [0, 0.05) is 17.8 Å². The van der Waals surface area contributed by atoms with E-state index in [0.29, 0.717) is 23.7 Å². The van der Waals surface area contributed by atoms with Crippen LogP contribution in [0.5, 0.6) is 0 Å². The van der Waals surface area contributed by atoms with Crippen molar-refractivity contribution in [3.8, 4) is 0 Å². The Morgan fingerprint density at radius 2 is 1.86 bits per heavy atom. The minimum absolute atomic E-state index is 0.0555. The van der Waals surface area contributed by atoms with Crippen molar-refractivity contribution in [2.24, 2.45) is 0 Å². The summed E-state index contributed by atoms with van der Waals surface area (Å²) >= 11 is 0. The van der Waals surface area contributed by atoms with Crippen LogP contribution in [-0.2, 0) is 0 Å². The van der Waals surface area contributed by atoms with E-state index in [9.17, 15) is 4.79 Å². The lowest BCUT2D eigenvalue weighted by Crippen LogP contribution is -2.26. The second-order valence-corrected chi connectivity index (χ2v) is 5.38. The molecule has 0 saturated carbocycles. The molecule has 3 heteroatoms. The predicted octanol–water partition coefficient (Wildman–Crippen LogP) is 3.50. The summed E-state index contributed by atoms with van der Waals surface area (Å²) in [6.07, 6.45) is 0.914. The smallest absolute Gasteiger partial charge is 0.251 e. The van der Waals surface area contributed by atoms with Crippen LogP contribution in [0.4, 0.5) is 5.69 Å². The summed E-state index contributed by atoms with van der Waals surface area (Å²) in [5.41, 5.74) is 9.28. The fraction of sp³-hybridized carbons (Fsp3) is 0.278. The minimum atomic E-state index is -0.0555. The standard InChI is InChI=1S/C18H22N2O/c1-13(15-7-4-3-5-8-15)11-12-20-18(21)16-9-6-10-17(19)14(16)2/h3-10,13H,11-12,19H2,1-2H3,(H,20,21). The number of amides is 1. The van der Waals surface area contributed by atoms with Gasteiger partial charge in [0.1, 0.15) is 0 Å². The van der Waals surface area contributed by atoms with E-state index in [4.69, 9.17) is 5.73 Å². The summed E-state index contributed by atoms with van der Waals surface area (Å²) in [6, 6.07) is 15.8. The zero-order valence-electron chi connectivity index (χ0n) is 12.6. The Kier molecular flexibility index (Phi) is 4.99. The SMILES string of the molecule is Cc1c(N)cccc1C(=O)NCCC(C)c1ccccc1. The van der Waals surface area contributed by atoms with Crippen molar-refractivity contribution < 1.29 is 4.79 Å². The molecule has 2 aromatic carbocycles. The Balaban J connectivity index is 1.89. The number of rotatable bonds is 5. The fourth-order valence-corrected chi connectivity index (χ4v) is 2.35. The number of nitrogens with one attached hydrogen (secondary N) is 1. The highest BCUT2D eigenvalue weighted by Crippen LogP contribution is 2.18. The van der Waals surface area contributed by atoms with E-state index in [2.05, 4.69) is 24.4 Å². The molecule has 3 nitrogen and oxygen atoms in total. The van der Waals surface area contributed by atoms with Gasteiger partial charge in [-0.1, -0.05) is 43.3 Å². The van der Waals surface area contributed by atoms with E-state index >= 15 is 0 Å². The molecule has 0 saturated heterocycles. The molecule has 0 heterocycles. The normalized spacial score (nSPS) is 11.9. The van der Waals surface area contributed by atoms with Crippen LogP contribution >= 0.6 is 0 Å². The quantitative estimate of drug-likeness (QED) is 0.825. The van der Waals surface area contributed by atoms with Crippen molar-refractivity contribution in [2.75, 3.05) is 12.3 Å². The van der Waals surface area contributed by atoms with Gasteiger partial charge in [-0.15, -0.1) is 0 Å². The zero-order valence-corrected chi connectivity index (χ0v) is 12.6. The van der Waals surface area contributed by atoms with Gasteiger partial charge in [-0.3, -0.25) is 4.79 Å². The van der Waals surface area contributed by atoms with Crippen molar-refractivity contribution in [1.82, 2.24) is 5.32 Å². The lowest BCUT2D eigenvalue weighted by molar-refractivity contribution is 0.0952. The van der Waals surface area contributed by atoms with Gasteiger partial charge >= 0.3 is 0 Å². The van der Waals surface area contributed by atoms with Crippen molar-refractivity contribution in [1.29, 1.82) is 0 Å². The molecule has 2 rings (SSSR count). The first-order chi connectivity index (χ1) is 10.1. The minimum Gasteiger partial charge on any atom is -0.398 e. The summed E-state index contributed by atoms with van der Waals surface area (Å²) in [5, 5.41) is 2.97. The molecule has 3 N–H and O–H groups in total. The molecule has 2 aromatic rings. The van der Waals surface area contributed by atoms with Gasteiger partial charge in [0.2, 0.25) is 0 Å². The third kappa shape index (κ3) is 3.85. The number of hydrogen-bond acceptors (Lipinski definition) is 2. The third-order valence-corrected chi connectivity index (χ3v) is 3.85. The van der Waals surface area contributed by atoms with E-state index in [-0.39, 0.29) is 5.91 Å². The number of carbonyl (C=O) groups is 1.